The minimum absolute atomic E-state index is 0.470. The van der Waals surface area contributed by atoms with E-state index in [0.29, 0.717) is 11.7 Å². The second kappa shape index (κ2) is 15.4. The van der Waals surface area contributed by atoms with E-state index >= 15 is 0 Å². The van der Waals surface area contributed by atoms with Gasteiger partial charge in [-0.1, -0.05) is 152 Å². The predicted octanol–water partition coefficient (Wildman–Crippen LogP) is 16.9. The average molecular weight is 932 g/mol. The molecule has 1 atom stereocenters. The Labute approximate surface area is 418 Å². The molecule has 0 amide bonds. The Kier molecular flexibility index (Phi) is 8.42. The lowest BCUT2D eigenvalue weighted by atomic mass is 10.0. The molecule has 0 bridgehead atoms. The van der Waals surface area contributed by atoms with Crippen LogP contribution < -0.4 is 5.32 Å². The molecule has 4 heterocycles. The molecule has 0 radical (unpaired) electrons. The Balaban J connectivity index is 0.995. The number of benzene rings is 12. The molecule has 0 saturated heterocycles. The zero-order valence-corrected chi connectivity index (χ0v) is 39.3. The van der Waals surface area contributed by atoms with E-state index in [9.17, 15) is 0 Å². The fraction of sp³-hybridized carbons (Fsp3) is 0.0149. The largest absolute Gasteiger partial charge is 0.455 e. The zero-order valence-electron chi connectivity index (χ0n) is 39.3. The van der Waals surface area contributed by atoms with Crippen LogP contribution in [0.3, 0.4) is 0 Å². The van der Waals surface area contributed by atoms with E-state index in [1.165, 1.54) is 43.1 Å². The third-order valence-electron chi connectivity index (χ3n) is 15.3. The Morgan fingerprint density at radius 1 is 0.384 bits per heavy atom. The number of fused-ring (bicyclic) bond motifs is 14. The smallest absolute Gasteiger partial charge is 0.159 e. The average Bonchev–Trinajstić information content (AvgIpc) is 4.10. The summed E-state index contributed by atoms with van der Waals surface area (Å²) in [5.74, 6) is 1.35. The third-order valence-corrected chi connectivity index (χ3v) is 15.3. The van der Waals surface area contributed by atoms with Crippen LogP contribution in [-0.2, 0) is 0 Å². The van der Waals surface area contributed by atoms with Crippen molar-refractivity contribution in [1.82, 2.24) is 14.5 Å². The van der Waals surface area contributed by atoms with Gasteiger partial charge in [0.25, 0.3) is 0 Å². The van der Waals surface area contributed by atoms with Crippen molar-refractivity contribution in [1.29, 1.82) is 0 Å². The van der Waals surface area contributed by atoms with Gasteiger partial charge in [0.05, 0.1) is 27.8 Å². The van der Waals surface area contributed by atoms with Crippen LogP contribution in [-0.4, -0.2) is 20.8 Å². The van der Waals surface area contributed by atoms with Crippen molar-refractivity contribution in [2.24, 2.45) is 9.98 Å². The SMILES string of the molecule is c1ccc(-n2c3ccccc3c3cc(C4=NC(c5ccc6ccccc6c5)NC(c5cc6oc7c8ccccc8ccc7c6cc5-n5c6cc7ccccc7cc6c6cc7ccccc7cc65)=N4)ccc32)cc1. The first-order valence-corrected chi connectivity index (χ1v) is 24.9. The Bertz CT molecular complexity index is 4800. The molecule has 73 heavy (non-hydrogen) atoms. The van der Waals surface area contributed by atoms with Crippen molar-refractivity contribution in [3.05, 3.63) is 253 Å². The van der Waals surface area contributed by atoms with E-state index in [2.05, 4.69) is 251 Å². The molecule has 3 aromatic heterocycles. The van der Waals surface area contributed by atoms with E-state index in [1.54, 1.807) is 0 Å². The van der Waals surface area contributed by atoms with Crippen molar-refractivity contribution in [2.75, 3.05) is 0 Å². The third kappa shape index (κ3) is 6.11. The molecule has 15 aromatic rings. The maximum absolute atomic E-state index is 7.03. The number of hydrogen-bond donors (Lipinski definition) is 1. The van der Waals surface area contributed by atoms with Gasteiger partial charge >= 0.3 is 0 Å². The van der Waals surface area contributed by atoms with Crippen molar-refractivity contribution in [3.63, 3.8) is 0 Å². The summed E-state index contributed by atoms with van der Waals surface area (Å²) in [7, 11) is 0. The van der Waals surface area contributed by atoms with Gasteiger partial charge in [-0.25, -0.2) is 9.98 Å². The van der Waals surface area contributed by atoms with Gasteiger partial charge in [0.2, 0.25) is 0 Å². The van der Waals surface area contributed by atoms with Gasteiger partial charge < -0.3 is 18.9 Å². The van der Waals surface area contributed by atoms with Gasteiger partial charge in [-0.2, -0.15) is 0 Å². The number of hydrogen-bond acceptors (Lipinski definition) is 4. The maximum Gasteiger partial charge on any atom is 0.159 e. The molecule has 0 aliphatic carbocycles. The van der Waals surface area contributed by atoms with Crippen molar-refractivity contribution >= 4 is 120 Å². The highest BCUT2D eigenvalue weighted by molar-refractivity contribution is 6.22. The molecule has 0 spiro atoms. The summed E-state index contributed by atoms with van der Waals surface area (Å²) in [6.07, 6.45) is -0.470. The van der Waals surface area contributed by atoms with Gasteiger partial charge in [0.15, 0.2) is 5.84 Å². The quantitative estimate of drug-likeness (QED) is 0.187. The van der Waals surface area contributed by atoms with Crippen molar-refractivity contribution in [3.8, 4) is 11.4 Å². The molecule has 340 valence electrons. The number of amidine groups is 2. The lowest BCUT2D eigenvalue weighted by Crippen LogP contribution is -2.34. The summed E-state index contributed by atoms with van der Waals surface area (Å²) in [5, 5.41) is 20.0. The number of rotatable bonds is 5. The first-order valence-electron chi connectivity index (χ1n) is 24.9. The van der Waals surface area contributed by atoms with E-state index in [0.717, 1.165) is 93.6 Å². The van der Waals surface area contributed by atoms with Gasteiger partial charge in [-0.15, -0.1) is 0 Å². The summed E-state index contributed by atoms with van der Waals surface area (Å²) < 4.78 is 11.8. The van der Waals surface area contributed by atoms with Crippen LogP contribution in [0.2, 0.25) is 0 Å². The minimum atomic E-state index is -0.470. The van der Waals surface area contributed by atoms with Crippen LogP contribution >= 0.6 is 0 Å². The molecule has 1 N–H and O–H groups in total. The van der Waals surface area contributed by atoms with Crippen LogP contribution in [0.1, 0.15) is 22.9 Å². The van der Waals surface area contributed by atoms with E-state index in [-0.39, 0.29) is 0 Å². The Morgan fingerprint density at radius 3 is 1.71 bits per heavy atom. The molecule has 0 saturated carbocycles. The molecule has 6 heteroatoms. The second-order valence-electron chi connectivity index (χ2n) is 19.4. The Hall–Kier alpha value is -9.78. The number of furan rings is 1. The standard InChI is InChI=1S/C67H41N5O/c1-2-21-49(22-3-1)71-58-25-13-12-24-51(58)53-35-48(29-31-59(53)71)66-68-65(47-27-26-40-14-4-5-16-42(40)32-47)69-67(70-66)57-39-63-56(52-30-28-41-15-10-11-23-50(41)64(52)73-63)38-62(57)72-60-36-45-19-8-6-17-43(45)33-54(60)55-34-44-18-7-9-20-46(44)37-61(55)72/h1-39,65H,(H,68,69,70). The number of aromatic nitrogens is 2. The van der Waals surface area contributed by atoms with Gasteiger partial charge in [0.1, 0.15) is 23.2 Å². The molecule has 16 rings (SSSR count). The monoisotopic (exact) mass is 931 g/mol. The van der Waals surface area contributed by atoms with E-state index in [1.807, 2.05) is 0 Å². The number of nitrogens with zero attached hydrogens (tertiary/aromatic N) is 4. The zero-order chi connectivity index (χ0) is 47.7. The van der Waals surface area contributed by atoms with Crippen molar-refractivity contribution in [2.45, 2.75) is 6.17 Å². The highest BCUT2D eigenvalue weighted by Crippen LogP contribution is 2.42. The van der Waals surface area contributed by atoms with E-state index < -0.39 is 6.17 Å². The van der Waals surface area contributed by atoms with Crippen LogP contribution in [0.25, 0.3) is 120 Å². The highest BCUT2D eigenvalue weighted by Gasteiger charge is 2.28. The first-order chi connectivity index (χ1) is 36.1. The topological polar surface area (TPSA) is 59.8 Å². The fourth-order valence-electron chi connectivity index (χ4n) is 11.8. The lowest BCUT2D eigenvalue weighted by molar-refractivity contribution is 0.669. The molecule has 6 nitrogen and oxygen atoms in total. The summed E-state index contributed by atoms with van der Waals surface area (Å²) in [6, 6.07) is 85.3. The summed E-state index contributed by atoms with van der Waals surface area (Å²) in [4.78, 5) is 11.2. The molecule has 1 aliphatic heterocycles. The number of para-hydroxylation sites is 2. The fourth-order valence-corrected chi connectivity index (χ4v) is 11.8. The van der Waals surface area contributed by atoms with Gasteiger partial charge in [0, 0.05) is 54.5 Å². The molecule has 1 unspecified atom stereocenters. The molecule has 0 fully saturated rings. The van der Waals surface area contributed by atoms with Gasteiger partial charge in [-0.3, -0.25) is 0 Å². The first kappa shape index (κ1) is 40.0. The predicted molar refractivity (Wildman–Crippen MR) is 304 cm³/mol. The van der Waals surface area contributed by atoms with Crippen molar-refractivity contribution < 1.29 is 4.42 Å². The summed E-state index contributed by atoms with van der Waals surface area (Å²) in [6.45, 7) is 0. The Morgan fingerprint density at radius 2 is 0.973 bits per heavy atom. The molecule has 12 aromatic carbocycles. The van der Waals surface area contributed by atoms with Crippen LogP contribution in [0.5, 0.6) is 0 Å². The van der Waals surface area contributed by atoms with E-state index in [4.69, 9.17) is 14.4 Å². The minimum Gasteiger partial charge on any atom is -0.455 e. The number of nitrogens with one attached hydrogen (secondary N) is 1. The highest BCUT2D eigenvalue weighted by atomic mass is 16.3. The number of aliphatic imine (C=N–C) groups is 2. The van der Waals surface area contributed by atoms with Gasteiger partial charge in [-0.05, 0) is 128 Å². The second-order valence-corrected chi connectivity index (χ2v) is 19.4. The molecule has 1 aliphatic rings. The maximum atomic E-state index is 7.03. The molecular formula is C67H41N5O. The van der Waals surface area contributed by atoms with Crippen LogP contribution in [0.4, 0.5) is 0 Å². The normalized spacial score (nSPS) is 14.2. The summed E-state index contributed by atoms with van der Waals surface area (Å²) >= 11 is 0. The summed E-state index contributed by atoms with van der Waals surface area (Å²) in [5.41, 5.74) is 11.1. The molecular weight excluding hydrogens is 891 g/mol. The lowest BCUT2D eigenvalue weighted by Gasteiger charge is -2.25. The van der Waals surface area contributed by atoms with Crippen LogP contribution in [0.15, 0.2) is 251 Å². The van der Waals surface area contributed by atoms with Crippen LogP contribution in [0, 0.1) is 0 Å².